The molecule has 0 aromatic heterocycles. The Morgan fingerprint density at radius 2 is 0.871 bits per heavy atom. The molecule has 4 atom stereocenters. The van der Waals surface area contributed by atoms with Crippen LogP contribution in [0.1, 0.15) is 281 Å². The normalized spacial score (nSPS) is 12.9. The minimum absolute atomic E-state index is 0. The van der Waals surface area contributed by atoms with Crippen molar-refractivity contribution in [1.29, 1.82) is 0 Å². The van der Waals surface area contributed by atoms with Crippen molar-refractivity contribution in [1.82, 2.24) is 5.32 Å². The van der Waals surface area contributed by atoms with Gasteiger partial charge in [0.25, 0.3) is 10.1 Å². The summed E-state index contributed by atoms with van der Waals surface area (Å²) in [4.78, 5) is 60.2. The smallest absolute Gasteiger partial charge is 1.00 e. The molecule has 410 valence electrons. The Hall–Kier alpha value is -1.74. The van der Waals surface area contributed by atoms with E-state index in [-0.39, 0.29) is 74.8 Å². The summed E-state index contributed by atoms with van der Waals surface area (Å²) in [5.74, 6) is -3.28. The van der Waals surface area contributed by atoms with Crippen LogP contribution in [0.25, 0.3) is 0 Å². The molecule has 0 fully saturated rings. The Balaban J connectivity index is -0.000000657. The van der Waals surface area contributed by atoms with Crippen molar-refractivity contribution < 1.29 is 87.2 Å². The van der Waals surface area contributed by atoms with Crippen LogP contribution in [0.15, 0.2) is 0 Å². The average Bonchev–Trinajstić information content (AvgIpc) is 3.32. The zero-order valence-corrected chi connectivity index (χ0v) is 48.8. The molecular formula is C55H106NNaO12S. The Morgan fingerprint density at radius 1 is 0.486 bits per heavy atom. The van der Waals surface area contributed by atoms with Crippen LogP contribution in [0.5, 0.6) is 0 Å². The Kier molecular flexibility index (Phi) is 54.0. The summed E-state index contributed by atoms with van der Waals surface area (Å²) in [6.07, 6.45) is 38.1. The van der Waals surface area contributed by atoms with Crippen LogP contribution >= 0.6 is 0 Å². The number of hydrogen-bond acceptors (Lipinski definition) is 10. The second kappa shape index (κ2) is 52.1. The van der Waals surface area contributed by atoms with Crippen LogP contribution in [0.2, 0.25) is 0 Å². The van der Waals surface area contributed by atoms with Gasteiger partial charge in [-0.1, -0.05) is 228 Å². The van der Waals surface area contributed by atoms with Crippen LogP contribution in [-0.2, 0) is 48.3 Å². The summed E-state index contributed by atoms with van der Waals surface area (Å²) < 4.78 is 48.2. The van der Waals surface area contributed by atoms with Crippen molar-refractivity contribution in [2.75, 3.05) is 19.8 Å². The quantitative estimate of drug-likeness (QED) is 0.0172. The molecule has 0 saturated heterocycles. The number of aliphatic carboxylic acids is 1. The predicted octanol–water partition coefficient (Wildman–Crippen LogP) is 11.3. The van der Waals surface area contributed by atoms with Crippen molar-refractivity contribution in [2.45, 2.75) is 290 Å². The number of esters is 3. The second-order valence-corrected chi connectivity index (χ2v) is 21.1. The first-order chi connectivity index (χ1) is 33.2. The maximum Gasteiger partial charge on any atom is 1.00 e. The van der Waals surface area contributed by atoms with Crippen LogP contribution in [-0.4, -0.2) is 79.0 Å². The van der Waals surface area contributed by atoms with Gasteiger partial charge in [0.15, 0.2) is 5.25 Å². The van der Waals surface area contributed by atoms with Gasteiger partial charge in [0.05, 0.1) is 26.2 Å². The molecule has 0 spiro atoms. The van der Waals surface area contributed by atoms with Crippen LogP contribution in [0.3, 0.4) is 0 Å². The molecule has 70 heavy (non-hydrogen) atoms. The molecular weight excluding hydrogens is 922 g/mol. The fraction of sp³-hybridized carbons (Fsp3) is 0.909. The fourth-order valence-electron chi connectivity index (χ4n) is 8.12. The molecule has 0 aromatic carbocycles. The topological polar surface area (TPSA) is 200 Å². The standard InChI is InChI=1S/C35H67NO5.C20H38O7S.Na.H/c1-3-5-7-9-11-13-15-16-17-18-19-20-22-24-26-28-33(37)36-32(29-30-34(38)39)35(40)41-31-27-25-23-21-14-12-10-8-6-4-2;1-5-9-11-16(7-3)14-26-19(21)13-18(28(23,24)25)20(22)27-15-17(8-4)12-10-6-2;;/h32H,3-31H2,1-2H3,(H,36,37)(H,38,39);16-18H,5-15H2,1-4H3,(H,23,24,25);;/q;;+1;-1. The summed E-state index contributed by atoms with van der Waals surface area (Å²) in [5, 5.41) is 9.83. The van der Waals surface area contributed by atoms with Crippen molar-refractivity contribution >= 4 is 39.9 Å². The number of unbranched alkanes of at least 4 members (excludes halogenated alkanes) is 25. The number of ether oxygens (including phenoxy) is 3. The summed E-state index contributed by atoms with van der Waals surface area (Å²) in [6, 6.07) is -0.877. The number of carboxylic acid groups (broad SMARTS) is 1. The van der Waals surface area contributed by atoms with Gasteiger partial charge in [0.1, 0.15) is 6.04 Å². The molecule has 1 amide bonds. The minimum Gasteiger partial charge on any atom is -1.00 e. The maximum atomic E-state index is 12.5. The fourth-order valence-corrected chi connectivity index (χ4v) is 8.78. The number of carboxylic acids is 1. The maximum absolute atomic E-state index is 12.5. The summed E-state index contributed by atoms with van der Waals surface area (Å²) in [6.45, 7) is 13.2. The van der Waals surface area contributed by atoms with Gasteiger partial charge in [-0.25, -0.2) is 4.79 Å². The van der Waals surface area contributed by atoms with E-state index in [4.69, 9.17) is 19.3 Å². The second-order valence-electron chi connectivity index (χ2n) is 19.5. The van der Waals surface area contributed by atoms with Gasteiger partial charge in [-0.3, -0.25) is 23.7 Å². The Bertz CT molecular complexity index is 1370. The van der Waals surface area contributed by atoms with Gasteiger partial charge in [0, 0.05) is 12.8 Å². The third-order valence-corrected chi connectivity index (χ3v) is 14.1. The van der Waals surface area contributed by atoms with Gasteiger partial charge in [-0.2, -0.15) is 8.42 Å². The van der Waals surface area contributed by atoms with E-state index in [9.17, 15) is 36.9 Å². The molecule has 0 aromatic rings. The van der Waals surface area contributed by atoms with E-state index in [1.54, 1.807) is 0 Å². The minimum atomic E-state index is -4.76. The first-order valence-electron chi connectivity index (χ1n) is 28.2. The van der Waals surface area contributed by atoms with E-state index in [1.165, 1.54) is 122 Å². The largest absolute Gasteiger partial charge is 1.00 e. The zero-order chi connectivity index (χ0) is 51.8. The molecule has 0 saturated carbocycles. The number of carbonyl (C=O) groups excluding carboxylic acids is 4. The molecule has 3 N–H and O–H groups in total. The molecule has 0 bridgehead atoms. The average molecular weight is 1030 g/mol. The van der Waals surface area contributed by atoms with E-state index in [2.05, 4.69) is 33.0 Å². The SMILES string of the molecule is CCCCC(CC)COC(=O)CC(C(=O)OCC(CC)CCCC)S(=O)(=O)O.CCCCCCCCCCCCCCCCCC(=O)NC(CCC(=O)O)C(=O)OCCCCCCCCCCCC.[H-].[Na+]. The monoisotopic (exact) mass is 1030 g/mol. The Labute approximate surface area is 451 Å². The molecule has 0 radical (unpaired) electrons. The van der Waals surface area contributed by atoms with E-state index in [0.717, 1.165) is 89.9 Å². The van der Waals surface area contributed by atoms with E-state index in [1.807, 2.05) is 13.8 Å². The third-order valence-electron chi connectivity index (χ3n) is 13.0. The zero-order valence-electron chi connectivity index (χ0n) is 47.0. The molecule has 13 nitrogen and oxygen atoms in total. The molecule has 4 unspecified atom stereocenters. The predicted molar refractivity (Wildman–Crippen MR) is 281 cm³/mol. The van der Waals surface area contributed by atoms with Crippen molar-refractivity contribution in [2.24, 2.45) is 11.8 Å². The number of carbonyl (C=O) groups is 5. The van der Waals surface area contributed by atoms with Crippen molar-refractivity contribution in [3.63, 3.8) is 0 Å². The van der Waals surface area contributed by atoms with Crippen LogP contribution < -0.4 is 34.9 Å². The third kappa shape index (κ3) is 47.3. The van der Waals surface area contributed by atoms with Gasteiger partial charge in [-0.05, 0) is 43.9 Å². The number of amides is 1. The van der Waals surface area contributed by atoms with Crippen LogP contribution in [0, 0.1) is 11.8 Å². The van der Waals surface area contributed by atoms with Crippen LogP contribution in [0.4, 0.5) is 0 Å². The summed E-state index contributed by atoms with van der Waals surface area (Å²) in [5.41, 5.74) is 0. The van der Waals surface area contributed by atoms with Gasteiger partial charge < -0.3 is 26.1 Å². The van der Waals surface area contributed by atoms with Gasteiger partial charge in [0.2, 0.25) is 5.91 Å². The summed E-state index contributed by atoms with van der Waals surface area (Å²) in [7, 11) is -4.76. The van der Waals surface area contributed by atoms with Gasteiger partial charge in [-0.15, -0.1) is 0 Å². The molecule has 15 heteroatoms. The van der Waals surface area contributed by atoms with E-state index in [0.29, 0.717) is 13.0 Å². The number of hydrogen-bond donors (Lipinski definition) is 3. The molecule has 0 rings (SSSR count). The van der Waals surface area contributed by atoms with Gasteiger partial charge >= 0.3 is 53.4 Å². The molecule has 0 aliphatic rings. The molecule has 0 heterocycles. The van der Waals surface area contributed by atoms with E-state index < -0.39 is 51.7 Å². The first-order valence-corrected chi connectivity index (χ1v) is 29.7. The molecule has 0 aliphatic heterocycles. The first kappa shape index (κ1) is 72.5. The number of rotatable bonds is 48. The van der Waals surface area contributed by atoms with Crippen molar-refractivity contribution in [3.8, 4) is 0 Å². The van der Waals surface area contributed by atoms with E-state index >= 15 is 0 Å². The number of nitrogens with one attached hydrogen (secondary N) is 1. The van der Waals surface area contributed by atoms with Crippen molar-refractivity contribution in [3.05, 3.63) is 0 Å². The summed E-state index contributed by atoms with van der Waals surface area (Å²) >= 11 is 0. The molecule has 0 aliphatic carbocycles. The Morgan fingerprint density at radius 3 is 1.26 bits per heavy atom.